The number of hydrogen-bond donors (Lipinski definition) is 1. The fourth-order valence-electron chi connectivity index (χ4n) is 1.99. The molecule has 0 radical (unpaired) electrons. The van der Waals surface area contributed by atoms with Gasteiger partial charge in [-0.25, -0.2) is 0 Å². The van der Waals surface area contributed by atoms with Gasteiger partial charge in [-0.1, -0.05) is 12.2 Å². The fourth-order valence-corrected chi connectivity index (χ4v) is 1.99. The Morgan fingerprint density at radius 1 is 1.06 bits per heavy atom. The van der Waals surface area contributed by atoms with Crippen molar-refractivity contribution < 1.29 is 9.59 Å². The highest BCUT2D eigenvalue weighted by Gasteiger charge is 2.19. The number of likely N-dealkylation sites (tertiary alicyclic amines) is 1. The third kappa shape index (κ3) is 2.59. The lowest BCUT2D eigenvalue weighted by molar-refractivity contribution is 0.0743. The van der Waals surface area contributed by atoms with Crippen LogP contribution >= 0.6 is 0 Å². The van der Waals surface area contributed by atoms with Crippen molar-refractivity contribution in [1.29, 1.82) is 0 Å². The second kappa shape index (κ2) is 5.04. The van der Waals surface area contributed by atoms with Crippen molar-refractivity contribution >= 4 is 11.8 Å². The summed E-state index contributed by atoms with van der Waals surface area (Å²) < 4.78 is 0. The quantitative estimate of drug-likeness (QED) is 0.803. The van der Waals surface area contributed by atoms with Crippen LogP contribution < -0.4 is 5.73 Å². The van der Waals surface area contributed by atoms with Crippen molar-refractivity contribution in [2.75, 3.05) is 13.1 Å². The zero-order chi connectivity index (χ0) is 13.1. The molecular formula is C14H16N2O2. The number of nitrogens with two attached hydrogens (primary N) is 1. The smallest absolute Gasteiger partial charge is 0.253 e. The molecule has 1 aliphatic heterocycles. The molecule has 0 aliphatic carbocycles. The monoisotopic (exact) mass is 244 g/mol. The molecule has 2 rings (SSSR count). The summed E-state index contributed by atoms with van der Waals surface area (Å²) in [4.78, 5) is 24.9. The number of hydrogen-bond acceptors (Lipinski definition) is 2. The predicted molar refractivity (Wildman–Crippen MR) is 69.2 cm³/mol. The van der Waals surface area contributed by atoms with E-state index in [1.165, 1.54) is 5.57 Å². The summed E-state index contributed by atoms with van der Waals surface area (Å²) in [5.41, 5.74) is 7.36. The van der Waals surface area contributed by atoms with Crippen LogP contribution in [0.1, 0.15) is 33.6 Å². The van der Waals surface area contributed by atoms with Gasteiger partial charge in [0.15, 0.2) is 0 Å². The summed E-state index contributed by atoms with van der Waals surface area (Å²) in [7, 11) is 0. The largest absolute Gasteiger partial charge is 0.366 e. The van der Waals surface area contributed by atoms with Crippen LogP contribution in [0.2, 0.25) is 0 Å². The van der Waals surface area contributed by atoms with Crippen molar-refractivity contribution in [2.45, 2.75) is 12.8 Å². The second-order valence-electron chi connectivity index (χ2n) is 4.48. The molecule has 1 fully saturated rings. The van der Waals surface area contributed by atoms with Gasteiger partial charge in [0.25, 0.3) is 5.91 Å². The van der Waals surface area contributed by atoms with E-state index in [4.69, 9.17) is 5.73 Å². The molecule has 0 aromatic heterocycles. The van der Waals surface area contributed by atoms with Crippen molar-refractivity contribution in [1.82, 2.24) is 4.90 Å². The molecule has 0 saturated carbocycles. The lowest BCUT2D eigenvalue weighted by Gasteiger charge is -2.28. The van der Waals surface area contributed by atoms with Crippen LogP contribution in [0.5, 0.6) is 0 Å². The molecule has 94 valence electrons. The minimum atomic E-state index is -0.483. The Labute approximate surface area is 106 Å². The van der Waals surface area contributed by atoms with E-state index in [0.29, 0.717) is 11.1 Å². The Morgan fingerprint density at radius 2 is 1.56 bits per heavy atom. The molecular weight excluding hydrogens is 228 g/mol. The van der Waals surface area contributed by atoms with Gasteiger partial charge < -0.3 is 10.6 Å². The van der Waals surface area contributed by atoms with Gasteiger partial charge in [0.2, 0.25) is 5.91 Å². The van der Waals surface area contributed by atoms with E-state index < -0.39 is 5.91 Å². The molecule has 2 amide bonds. The second-order valence-corrected chi connectivity index (χ2v) is 4.48. The molecule has 0 spiro atoms. The standard InChI is InChI=1S/C14H16N2O2/c1-10-6-8-16(9-7-10)14(18)12-4-2-11(3-5-12)13(15)17/h2-5H,1,6-9H2,(H2,15,17). The molecule has 0 bridgehead atoms. The van der Waals surface area contributed by atoms with E-state index in [1.54, 1.807) is 24.3 Å². The number of benzene rings is 1. The highest BCUT2D eigenvalue weighted by Crippen LogP contribution is 2.16. The summed E-state index contributed by atoms with van der Waals surface area (Å²) in [6.45, 7) is 5.36. The number of carbonyl (C=O) groups is 2. The highest BCUT2D eigenvalue weighted by atomic mass is 16.2. The van der Waals surface area contributed by atoms with E-state index in [9.17, 15) is 9.59 Å². The Morgan fingerprint density at radius 3 is 2.06 bits per heavy atom. The maximum Gasteiger partial charge on any atom is 0.253 e. The van der Waals surface area contributed by atoms with Crippen LogP contribution in [0, 0.1) is 0 Å². The summed E-state index contributed by atoms with van der Waals surface area (Å²) >= 11 is 0. The van der Waals surface area contributed by atoms with Crippen LogP contribution in [0.4, 0.5) is 0 Å². The molecule has 1 aromatic carbocycles. The van der Waals surface area contributed by atoms with Gasteiger partial charge in [0.1, 0.15) is 0 Å². The first kappa shape index (κ1) is 12.4. The van der Waals surface area contributed by atoms with E-state index in [-0.39, 0.29) is 5.91 Å². The van der Waals surface area contributed by atoms with Crippen LogP contribution in [-0.2, 0) is 0 Å². The molecule has 0 atom stereocenters. The number of nitrogens with zero attached hydrogens (tertiary/aromatic N) is 1. The minimum absolute atomic E-state index is 0.00137. The van der Waals surface area contributed by atoms with E-state index in [1.807, 2.05) is 4.90 Å². The van der Waals surface area contributed by atoms with Crippen molar-refractivity contribution in [2.24, 2.45) is 5.73 Å². The molecule has 1 heterocycles. The van der Waals surface area contributed by atoms with Gasteiger partial charge in [0.05, 0.1) is 0 Å². The topological polar surface area (TPSA) is 63.4 Å². The Bertz CT molecular complexity index is 481. The molecule has 1 aromatic rings. The zero-order valence-corrected chi connectivity index (χ0v) is 10.2. The number of piperidine rings is 1. The lowest BCUT2D eigenvalue weighted by atomic mass is 10.0. The Kier molecular flexibility index (Phi) is 3.46. The molecule has 1 saturated heterocycles. The summed E-state index contributed by atoms with van der Waals surface area (Å²) in [5, 5.41) is 0. The SMILES string of the molecule is C=C1CCN(C(=O)c2ccc(C(N)=O)cc2)CC1. The first-order valence-corrected chi connectivity index (χ1v) is 5.94. The van der Waals surface area contributed by atoms with E-state index >= 15 is 0 Å². The van der Waals surface area contributed by atoms with Gasteiger partial charge in [0, 0.05) is 24.2 Å². The van der Waals surface area contributed by atoms with Crippen LogP contribution in [-0.4, -0.2) is 29.8 Å². The van der Waals surface area contributed by atoms with E-state index in [0.717, 1.165) is 25.9 Å². The third-order valence-corrected chi connectivity index (χ3v) is 3.17. The van der Waals surface area contributed by atoms with Gasteiger partial charge in [-0.3, -0.25) is 9.59 Å². The number of amides is 2. The van der Waals surface area contributed by atoms with Crippen molar-refractivity contribution in [3.05, 3.63) is 47.5 Å². The molecule has 0 unspecified atom stereocenters. The number of carbonyl (C=O) groups excluding carboxylic acids is 2. The van der Waals surface area contributed by atoms with Gasteiger partial charge in [-0.2, -0.15) is 0 Å². The molecule has 18 heavy (non-hydrogen) atoms. The van der Waals surface area contributed by atoms with Crippen molar-refractivity contribution in [3.63, 3.8) is 0 Å². The summed E-state index contributed by atoms with van der Waals surface area (Å²) in [6.07, 6.45) is 1.73. The first-order chi connectivity index (χ1) is 8.58. The molecule has 2 N–H and O–H groups in total. The zero-order valence-electron chi connectivity index (χ0n) is 10.2. The van der Waals surface area contributed by atoms with Crippen LogP contribution in [0.25, 0.3) is 0 Å². The minimum Gasteiger partial charge on any atom is -0.366 e. The molecule has 4 heteroatoms. The Hall–Kier alpha value is -2.10. The highest BCUT2D eigenvalue weighted by molar-refractivity contribution is 5.97. The summed E-state index contributed by atoms with van der Waals surface area (Å²) in [5.74, 6) is -0.484. The predicted octanol–water partition coefficient (Wildman–Crippen LogP) is 1.58. The van der Waals surface area contributed by atoms with Crippen LogP contribution in [0.15, 0.2) is 36.4 Å². The maximum atomic E-state index is 12.2. The molecule has 1 aliphatic rings. The average molecular weight is 244 g/mol. The number of primary amides is 1. The van der Waals surface area contributed by atoms with Crippen molar-refractivity contribution in [3.8, 4) is 0 Å². The average Bonchev–Trinajstić information content (AvgIpc) is 2.39. The maximum absolute atomic E-state index is 12.2. The summed E-state index contributed by atoms with van der Waals surface area (Å²) in [6, 6.07) is 6.45. The van der Waals surface area contributed by atoms with E-state index in [2.05, 4.69) is 6.58 Å². The van der Waals surface area contributed by atoms with Gasteiger partial charge in [-0.05, 0) is 37.1 Å². The van der Waals surface area contributed by atoms with Gasteiger partial charge >= 0.3 is 0 Å². The Balaban J connectivity index is 2.09. The lowest BCUT2D eigenvalue weighted by Crippen LogP contribution is -2.36. The number of rotatable bonds is 2. The molecule has 4 nitrogen and oxygen atoms in total. The normalized spacial score (nSPS) is 15.6. The fraction of sp³-hybridized carbons (Fsp3) is 0.286. The van der Waals surface area contributed by atoms with Crippen LogP contribution in [0.3, 0.4) is 0 Å². The first-order valence-electron chi connectivity index (χ1n) is 5.94. The third-order valence-electron chi connectivity index (χ3n) is 3.17. The van der Waals surface area contributed by atoms with Gasteiger partial charge in [-0.15, -0.1) is 0 Å².